The van der Waals surface area contributed by atoms with Crippen LogP contribution >= 0.6 is 0 Å². The van der Waals surface area contributed by atoms with Crippen LogP contribution in [-0.4, -0.2) is 40.6 Å². The number of ketones is 1. The Labute approximate surface area is 221 Å². The molecule has 0 saturated heterocycles. The van der Waals surface area contributed by atoms with Crippen LogP contribution in [0.5, 0.6) is 5.75 Å². The summed E-state index contributed by atoms with van der Waals surface area (Å²) in [7, 11) is 0. The number of Topliss-reactive ketones (excluding diaryl/α,β-unsaturated/α-hetero) is 1. The highest BCUT2D eigenvalue weighted by Gasteiger charge is 2.23. The molecule has 3 rings (SSSR count). The van der Waals surface area contributed by atoms with Gasteiger partial charge in [0.1, 0.15) is 17.4 Å². The molecule has 0 spiro atoms. The molecule has 38 heavy (non-hydrogen) atoms. The molecule has 8 heteroatoms. The van der Waals surface area contributed by atoms with Crippen molar-refractivity contribution in [2.24, 2.45) is 0 Å². The lowest BCUT2D eigenvalue weighted by Gasteiger charge is -2.25. The largest absolute Gasteiger partial charge is 0.507 e. The Morgan fingerprint density at radius 3 is 2.34 bits per heavy atom. The fourth-order valence-corrected chi connectivity index (χ4v) is 4.25. The minimum atomic E-state index is -1.07. The van der Waals surface area contributed by atoms with E-state index in [4.69, 9.17) is 0 Å². The third-order valence-electron chi connectivity index (χ3n) is 6.30. The first-order chi connectivity index (χ1) is 18.1. The van der Waals surface area contributed by atoms with E-state index in [0.717, 1.165) is 35.7 Å². The summed E-state index contributed by atoms with van der Waals surface area (Å²) in [6.45, 7) is 4.47. The molecule has 6 nitrogen and oxygen atoms in total. The van der Waals surface area contributed by atoms with E-state index in [2.05, 4.69) is 23.6 Å². The number of hydrogen-bond acceptors (Lipinski definition) is 5. The highest BCUT2D eigenvalue weighted by Crippen LogP contribution is 2.20. The summed E-state index contributed by atoms with van der Waals surface area (Å²) in [5.41, 5.74) is 3.46. The summed E-state index contributed by atoms with van der Waals surface area (Å²) >= 11 is 0. The van der Waals surface area contributed by atoms with Gasteiger partial charge < -0.3 is 20.8 Å². The van der Waals surface area contributed by atoms with Crippen LogP contribution in [0.1, 0.15) is 52.4 Å². The molecule has 0 fully saturated rings. The summed E-state index contributed by atoms with van der Waals surface area (Å²) in [5.74, 6) is -2.55. The maximum absolute atomic E-state index is 13.8. The SMILES string of the molecule is CCc1cccc(CNCC(O)C(Cc2cc(F)cc(F)c2)NC(=O)CCC(=O)c2cc(C)ccc2O)c1. The maximum atomic E-state index is 13.8. The molecule has 0 aromatic heterocycles. The number of nitrogens with one attached hydrogen (secondary N) is 2. The standard InChI is InChI=1S/C30H34F2N2O4/c1-3-20-5-4-6-21(12-20)17-33-18-29(37)26(15-22-13-23(31)16-24(32)14-22)34-30(38)10-9-28(36)25-11-19(2)7-8-27(25)35/h4-8,11-14,16,26,29,33,35,37H,3,9-10,15,17-18H2,1-2H3,(H,34,38). The summed E-state index contributed by atoms with van der Waals surface area (Å²) in [6.07, 6.45) is -0.505. The fourth-order valence-electron chi connectivity index (χ4n) is 4.25. The van der Waals surface area contributed by atoms with E-state index >= 15 is 0 Å². The Morgan fingerprint density at radius 1 is 0.921 bits per heavy atom. The number of carbonyl (C=O) groups is 2. The van der Waals surface area contributed by atoms with Crippen LogP contribution in [0, 0.1) is 18.6 Å². The summed E-state index contributed by atoms with van der Waals surface area (Å²) in [4.78, 5) is 25.3. The number of rotatable bonds is 13. The molecule has 0 aliphatic rings. The first-order valence-electron chi connectivity index (χ1n) is 12.7. The molecular formula is C30H34F2N2O4. The van der Waals surface area contributed by atoms with Gasteiger partial charge in [-0.25, -0.2) is 8.78 Å². The maximum Gasteiger partial charge on any atom is 0.220 e. The lowest BCUT2D eigenvalue weighted by atomic mass is 9.99. The van der Waals surface area contributed by atoms with Gasteiger partial charge >= 0.3 is 0 Å². The summed E-state index contributed by atoms with van der Waals surface area (Å²) in [5, 5.41) is 26.7. The van der Waals surface area contributed by atoms with Crippen molar-refractivity contribution < 1.29 is 28.6 Å². The zero-order valence-corrected chi connectivity index (χ0v) is 21.6. The van der Waals surface area contributed by atoms with E-state index in [9.17, 15) is 28.6 Å². The second kappa shape index (κ2) is 13.8. The number of benzene rings is 3. The number of aliphatic hydroxyl groups is 1. The lowest BCUT2D eigenvalue weighted by molar-refractivity contribution is -0.122. The highest BCUT2D eigenvalue weighted by molar-refractivity contribution is 6.00. The van der Waals surface area contributed by atoms with E-state index in [0.29, 0.717) is 6.54 Å². The van der Waals surface area contributed by atoms with Crippen molar-refractivity contribution in [3.8, 4) is 5.75 Å². The number of aliphatic hydroxyl groups excluding tert-OH is 1. The number of amides is 1. The molecule has 0 heterocycles. The van der Waals surface area contributed by atoms with Gasteiger partial charge in [-0.1, -0.05) is 42.8 Å². The zero-order chi connectivity index (χ0) is 27.7. The van der Waals surface area contributed by atoms with Crippen LogP contribution in [0.2, 0.25) is 0 Å². The minimum Gasteiger partial charge on any atom is -0.507 e. The first kappa shape index (κ1) is 28.9. The monoisotopic (exact) mass is 524 g/mol. The van der Waals surface area contributed by atoms with Crippen LogP contribution in [0.4, 0.5) is 8.78 Å². The Morgan fingerprint density at radius 2 is 1.63 bits per heavy atom. The molecule has 202 valence electrons. The molecular weight excluding hydrogens is 490 g/mol. The van der Waals surface area contributed by atoms with Crippen molar-refractivity contribution in [3.63, 3.8) is 0 Å². The second-order valence-electron chi connectivity index (χ2n) is 9.47. The third-order valence-corrected chi connectivity index (χ3v) is 6.30. The number of aromatic hydroxyl groups is 1. The molecule has 0 radical (unpaired) electrons. The molecule has 3 aromatic carbocycles. The zero-order valence-electron chi connectivity index (χ0n) is 21.6. The van der Waals surface area contributed by atoms with Gasteiger partial charge in [0.2, 0.25) is 5.91 Å². The Hall–Kier alpha value is -3.62. The fraction of sp³-hybridized carbons (Fsp3) is 0.333. The molecule has 0 bridgehead atoms. The number of phenolic OH excluding ortho intramolecular Hbond substituents is 1. The predicted molar refractivity (Wildman–Crippen MR) is 142 cm³/mol. The Kier molecular flexibility index (Phi) is 10.5. The van der Waals surface area contributed by atoms with E-state index in [1.54, 1.807) is 19.1 Å². The average Bonchev–Trinajstić information content (AvgIpc) is 2.87. The summed E-state index contributed by atoms with van der Waals surface area (Å²) < 4.78 is 27.5. The smallest absolute Gasteiger partial charge is 0.220 e. The van der Waals surface area contributed by atoms with E-state index < -0.39 is 29.7 Å². The van der Waals surface area contributed by atoms with Crippen molar-refractivity contribution in [2.45, 2.75) is 58.2 Å². The normalized spacial score (nSPS) is 12.7. The van der Waals surface area contributed by atoms with Crippen molar-refractivity contribution in [1.29, 1.82) is 0 Å². The van der Waals surface area contributed by atoms with Crippen molar-refractivity contribution in [3.05, 3.63) is 100 Å². The Balaban J connectivity index is 1.64. The summed E-state index contributed by atoms with van der Waals surface area (Å²) in [6, 6.07) is 14.9. The van der Waals surface area contributed by atoms with Crippen molar-refractivity contribution in [1.82, 2.24) is 10.6 Å². The quantitative estimate of drug-likeness (QED) is 0.249. The molecule has 1 amide bonds. The number of phenols is 1. The number of hydrogen-bond donors (Lipinski definition) is 4. The molecule has 2 atom stereocenters. The molecule has 0 aliphatic heterocycles. The molecule has 4 N–H and O–H groups in total. The van der Waals surface area contributed by atoms with E-state index in [1.807, 2.05) is 18.2 Å². The van der Waals surface area contributed by atoms with Gasteiger partial charge in [-0.3, -0.25) is 9.59 Å². The molecule has 3 aromatic rings. The van der Waals surface area contributed by atoms with Gasteiger partial charge in [-0.15, -0.1) is 0 Å². The van der Waals surface area contributed by atoms with E-state index in [-0.39, 0.29) is 48.5 Å². The van der Waals surface area contributed by atoms with Crippen LogP contribution in [0.25, 0.3) is 0 Å². The van der Waals surface area contributed by atoms with Gasteiger partial charge in [-0.05, 0) is 60.7 Å². The predicted octanol–water partition coefficient (Wildman–Crippen LogP) is 4.38. The van der Waals surface area contributed by atoms with Crippen molar-refractivity contribution >= 4 is 11.7 Å². The van der Waals surface area contributed by atoms with Crippen molar-refractivity contribution in [2.75, 3.05) is 6.54 Å². The van der Waals surface area contributed by atoms with Crippen LogP contribution in [0.15, 0.2) is 60.7 Å². The van der Waals surface area contributed by atoms with Crippen LogP contribution < -0.4 is 10.6 Å². The lowest BCUT2D eigenvalue weighted by Crippen LogP contribution is -2.48. The van der Waals surface area contributed by atoms with Gasteiger partial charge in [0.25, 0.3) is 0 Å². The minimum absolute atomic E-state index is 0.0127. The van der Waals surface area contributed by atoms with Gasteiger partial charge in [0.05, 0.1) is 17.7 Å². The number of carbonyl (C=O) groups excluding carboxylic acids is 2. The third kappa shape index (κ3) is 8.75. The van der Waals surface area contributed by atoms with Crippen LogP contribution in [0.3, 0.4) is 0 Å². The topological polar surface area (TPSA) is 98.7 Å². The second-order valence-corrected chi connectivity index (χ2v) is 9.47. The van der Waals surface area contributed by atoms with Crippen LogP contribution in [-0.2, 0) is 24.2 Å². The van der Waals surface area contributed by atoms with Gasteiger partial charge in [-0.2, -0.15) is 0 Å². The highest BCUT2D eigenvalue weighted by atomic mass is 19.1. The van der Waals surface area contributed by atoms with Gasteiger partial charge in [0.15, 0.2) is 5.78 Å². The number of aryl methyl sites for hydroxylation is 2. The van der Waals surface area contributed by atoms with E-state index in [1.165, 1.54) is 11.6 Å². The van der Waals surface area contributed by atoms with Gasteiger partial charge in [0, 0.05) is 32.0 Å². The number of halogens is 2. The molecule has 0 saturated carbocycles. The first-order valence-corrected chi connectivity index (χ1v) is 12.7. The molecule has 0 aliphatic carbocycles. The average molecular weight is 525 g/mol. The molecule has 2 unspecified atom stereocenters. The Bertz CT molecular complexity index is 1240.